The minimum absolute atomic E-state index is 0.394. The Morgan fingerprint density at radius 2 is 2.30 bits per heavy atom. The SMILES string of the molecule is OC[C@H]1CC[C@H]2CC=C[C@H]21. The summed E-state index contributed by atoms with van der Waals surface area (Å²) < 4.78 is 0. The normalized spacial score (nSPS) is 44.3. The largest absolute Gasteiger partial charge is 0.396 e. The van der Waals surface area contributed by atoms with E-state index in [1.165, 1.54) is 19.3 Å². The van der Waals surface area contributed by atoms with Crippen molar-refractivity contribution in [2.24, 2.45) is 17.8 Å². The number of fused-ring (bicyclic) bond motifs is 1. The van der Waals surface area contributed by atoms with Crippen LogP contribution in [0.15, 0.2) is 12.2 Å². The molecule has 0 saturated heterocycles. The average molecular weight is 138 g/mol. The second-order valence-electron chi connectivity index (χ2n) is 3.52. The van der Waals surface area contributed by atoms with Crippen LogP contribution >= 0.6 is 0 Å². The van der Waals surface area contributed by atoms with Crippen LogP contribution in [-0.2, 0) is 0 Å². The summed E-state index contributed by atoms with van der Waals surface area (Å²) in [5.74, 6) is 2.20. The maximum absolute atomic E-state index is 8.98. The summed E-state index contributed by atoms with van der Waals surface area (Å²) in [5.41, 5.74) is 0. The highest BCUT2D eigenvalue weighted by Gasteiger charge is 2.35. The maximum atomic E-state index is 8.98. The quantitative estimate of drug-likeness (QED) is 0.545. The van der Waals surface area contributed by atoms with Gasteiger partial charge in [-0.1, -0.05) is 12.2 Å². The molecule has 0 spiro atoms. The van der Waals surface area contributed by atoms with Gasteiger partial charge in [-0.05, 0) is 37.0 Å². The fourth-order valence-corrected chi connectivity index (χ4v) is 2.41. The Morgan fingerprint density at radius 3 is 3.10 bits per heavy atom. The molecule has 2 rings (SSSR count). The van der Waals surface area contributed by atoms with Crippen LogP contribution in [0.2, 0.25) is 0 Å². The highest BCUT2D eigenvalue weighted by molar-refractivity contribution is 5.06. The first-order valence-electron chi connectivity index (χ1n) is 4.19. The lowest BCUT2D eigenvalue weighted by Crippen LogP contribution is -2.12. The van der Waals surface area contributed by atoms with Crippen LogP contribution in [-0.4, -0.2) is 11.7 Å². The van der Waals surface area contributed by atoms with Gasteiger partial charge in [0.25, 0.3) is 0 Å². The Bertz CT molecular complexity index is 151. The lowest BCUT2D eigenvalue weighted by atomic mass is 9.93. The molecule has 0 aromatic heterocycles. The monoisotopic (exact) mass is 138 g/mol. The third-order valence-corrected chi connectivity index (χ3v) is 3.03. The molecule has 0 aromatic carbocycles. The van der Waals surface area contributed by atoms with E-state index in [0.717, 1.165) is 11.8 Å². The molecule has 1 fully saturated rings. The first-order chi connectivity index (χ1) is 4.92. The number of hydrogen-bond acceptors (Lipinski definition) is 1. The molecule has 0 radical (unpaired) electrons. The van der Waals surface area contributed by atoms with E-state index >= 15 is 0 Å². The van der Waals surface area contributed by atoms with Gasteiger partial charge in [0.05, 0.1) is 0 Å². The van der Waals surface area contributed by atoms with E-state index in [9.17, 15) is 0 Å². The van der Waals surface area contributed by atoms with Gasteiger partial charge in [-0.15, -0.1) is 0 Å². The second kappa shape index (κ2) is 2.39. The number of rotatable bonds is 1. The fourth-order valence-electron chi connectivity index (χ4n) is 2.41. The number of allylic oxidation sites excluding steroid dienone is 2. The summed E-state index contributed by atoms with van der Waals surface area (Å²) in [5, 5.41) is 8.98. The molecule has 2 aliphatic carbocycles. The molecular weight excluding hydrogens is 124 g/mol. The van der Waals surface area contributed by atoms with E-state index in [2.05, 4.69) is 12.2 Å². The molecule has 3 atom stereocenters. The van der Waals surface area contributed by atoms with E-state index in [1.807, 2.05) is 0 Å². The summed E-state index contributed by atoms with van der Waals surface area (Å²) >= 11 is 0. The zero-order valence-corrected chi connectivity index (χ0v) is 6.16. The number of aliphatic hydroxyl groups is 1. The summed E-state index contributed by atoms with van der Waals surface area (Å²) in [6, 6.07) is 0. The molecule has 10 heavy (non-hydrogen) atoms. The summed E-state index contributed by atoms with van der Waals surface area (Å²) in [7, 11) is 0. The Morgan fingerprint density at radius 1 is 1.40 bits per heavy atom. The molecule has 0 aromatic rings. The van der Waals surface area contributed by atoms with Crippen molar-refractivity contribution in [2.45, 2.75) is 19.3 Å². The maximum Gasteiger partial charge on any atom is 0.0465 e. The average Bonchev–Trinajstić information content (AvgIpc) is 2.44. The van der Waals surface area contributed by atoms with E-state index in [4.69, 9.17) is 5.11 Å². The van der Waals surface area contributed by atoms with Gasteiger partial charge in [-0.3, -0.25) is 0 Å². The van der Waals surface area contributed by atoms with Crippen molar-refractivity contribution in [3.05, 3.63) is 12.2 Å². The molecule has 1 nitrogen and oxygen atoms in total. The van der Waals surface area contributed by atoms with Gasteiger partial charge in [0.2, 0.25) is 0 Å². The topological polar surface area (TPSA) is 20.2 Å². The van der Waals surface area contributed by atoms with Crippen LogP contribution in [0, 0.1) is 17.8 Å². The van der Waals surface area contributed by atoms with Crippen molar-refractivity contribution in [1.82, 2.24) is 0 Å². The molecule has 1 N–H and O–H groups in total. The molecular formula is C9H14O. The predicted molar refractivity (Wildman–Crippen MR) is 40.5 cm³/mol. The van der Waals surface area contributed by atoms with Crippen LogP contribution in [0.25, 0.3) is 0 Å². The third-order valence-electron chi connectivity index (χ3n) is 3.03. The highest BCUT2D eigenvalue weighted by Crippen LogP contribution is 2.43. The molecule has 1 saturated carbocycles. The Labute approximate surface area is 61.8 Å². The van der Waals surface area contributed by atoms with Gasteiger partial charge in [-0.2, -0.15) is 0 Å². The van der Waals surface area contributed by atoms with Gasteiger partial charge in [-0.25, -0.2) is 0 Å². The summed E-state index contributed by atoms with van der Waals surface area (Å²) in [4.78, 5) is 0. The van der Waals surface area contributed by atoms with E-state index < -0.39 is 0 Å². The smallest absolute Gasteiger partial charge is 0.0465 e. The fraction of sp³-hybridized carbons (Fsp3) is 0.778. The molecule has 0 amide bonds. The van der Waals surface area contributed by atoms with Crippen molar-refractivity contribution >= 4 is 0 Å². The number of aliphatic hydroxyl groups excluding tert-OH is 1. The van der Waals surface area contributed by atoms with Crippen molar-refractivity contribution < 1.29 is 5.11 Å². The zero-order valence-electron chi connectivity index (χ0n) is 6.16. The molecule has 0 bridgehead atoms. The van der Waals surface area contributed by atoms with Crippen molar-refractivity contribution in [2.75, 3.05) is 6.61 Å². The molecule has 0 unspecified atom stereocenters. The van der Waals surface area contributed by atoms with Crippen molar-refractivity contribution in [3.63, 3.8) is 0 Å². The van der Waals surface area contributed by atoms with Crippen LogP contribution in [0.3, 0.4) is 0 Å². The summed E-state index contributed by atoms with van der Waals surface area (Å²) in [6.45, 7) is 0.394. The Balaban J connectivity index is 2.07. The Kier molecular flexibility index (Phi) is 1.53. The third kappa shape index (κ3) is 0.807. The van der Waals surface area contributed by atoms with Gasteiger partial charge in [0.15, 0.2) is 0 Å². The first-order valence-corrected chi connectivity index (χ1v) is 4.19. The standard InChI is InChI=1S/C9H14O/c10-6-8-5-4-7-2-1-3-9(7)8/h1,3,7-10H,2,4-6H2/t7-,8-,9-/m1/s1. The second-order valence-corrected chi connectivity index (χ2v) is 3.52. The van der Waals surface area contributed by atoms with E-state index in [1.54, 1.807) is 0 Å². The predicted octanol–water partition coefficient (Wildman–Crippen LogP) is 1.58. The van der Waals surface area contributed by atoms with Gasteiger partial charge in [0.1, 0.15) is 0 Å². The minimum atomic E-state index is 0.394. The molecule has 0 heterocycles. The van der Waals surface area contributed by atoms with Gasteiger partial charge in [0, 0.05) is 6.61 Å². The van der Waals surface area contributed by atoms with E-state index in [0.29, 0.717) is 12.5 Å². The number of hydrogen-bond donors (Lipinski definition) is 1. The zero-order chi connectivity index (χ0) is 6.97. The van der Waals surface area contributed by atoms with Crippen LogP contribution in [0.5, 0.6) is 0 Å². The van der Waals surface area contributed by atoms with Crippen LogP contribution in [0.4, 0.5) is 0 Å². The Hall–Kier alpha value is -0.300. The summed E-state index contributed by atoms with van der Waals surface area (Å²) in [6.07, 6.45) is 8.43. The van der Waals surface area contributed by atoms with Crippen LogP contribution < -0.4 is 0 Å². The first kappa shape index (κ1) is 6.41. The molecule has 1 heteroatoms. The van der Waals surface area contributed by atoms with Crippen molar-refractivity contribution in [1.29, 1.82) is 0 Å². The highest BCUT2D eigenvalue weighted by atomic mass is 16.3. The van der Waals surface area contributed by atoms with Gasteiger partial charge < -0.3 is 5.11 Å². The van der Waals surface area contributed by atoms with Crippen LogP contribution in [0.1, 0.15) is 19.3 Å². The minimum Gasteiger partial charge on any atom is -0.396 e. The lowest BCUT2D eigenvalue weighted by molar-refractivity contribution is 0.204. The van der Waals surface area contributed by atoms with Gasteiger partial charge >= 0.3 is 0 Å². The lowest BCUT2D eigenvalue weighted by Gasteiger charge is -2.13. The van der Waals surface area contributed by atoms with E-state index in [-0.39, 0.29) is 0 Å². The molecule has 0 aliphatic heterocycles. The molecule has 56 valence electrons. The molecule has 2 aliphatic rings. The van der Waals surface area contributed by atoms with Crippen molar-refractivity contribution in [3.8, 4) is 0 Å².